The summed E-state index contributed by atoms with van der Waals surface area (Å²) in [4.78, 5) is 66.5. The third-order valence-electron chi connectivity index (χ3n) is 7.64. The summed E-state index contributed by atoms with van der Waals surface area (Å²) in [5, 5.41) is 35.3. The van der Waals surface area contributed by atoms with Crippen LogP contribution in [0.4, 0.5) is 34.4 Å². The van der Waals surface area contributed by atoms with Crippen LogP contribution < -0.4 is 10.6 Å². The Labute approximate surface area is 289 Å². The monoisotopic (exact) mass is 706 g/mol. The summed E-state index contributed by atoms with van der Waals surface area (Å²) in [5.41, 5.74) is 4.63. The molecule has 0 bridgehead atoms. The zero-order chi connectivity index (χ0) is 36.6. The maximum Gasteiger partial charge on any atom is 0.402 e. The van der Waals surface area contributed by atoms with E-state index in [-0.39, 0.29) is 44.9 Å². The van der Waals surface area contributed by atoms with E-state index in [1.54, 1.807) is 43.4 Å². The number of halogens is 1. The summed E-state index contributed by atoms with van der Waals surface area (Å²) in [7, 11) is 3.09. The highest BCUT2D eigenvalue weighted by molar-refractivity contribution is 6.34. The molecule has 0 fully saturated rings. The Bertz CT molecular complexity index is 2550. The molecule has 51 heavy (non-hydrogen) atoms. The maximum absolute atomic E-state index is 12.5. The van der Waals surface area contributed by atoms with E-state index in [2.05, 4.69) is 50.5 Å². The fourth-order valence-corrected chi connectivity index (χ4v) is 5.68. The fraction of sp³-hybridized carbons (Fsp3) is 0.133. The number of nitro groups is 2. The predicted octanol–water partition coefficient (Wildman–Crippen LogP) is 4.56. The van der Waals surface area contributed by atoms with Crippen molar-refractivity contribution in [3.05, 3.63) is 114 Å². The number of nitrogens with one attached hydrogen (secondary N) is 2. The van der Waals surface area contributed by atoms with Crippen LogP contribution in [0.5, 0.6) is 0 Å². The number of anilines is 2. The van der Waals surface area contributed by atoms with Crippen LogP contribution in [-0.2, 0) is 30.1 Å². The fourth-order valence-electron chi connectivity index (χ4n) is 5.47. The van der Waals surface area contributed by atoms with Gasteiger partial charge in [-0.25, -0.2) is 29.6 Å². The minimum Gasteiger partial charge on any atom is -0.358 e. The molecule has 2 N–H and O–H groups in total. The Morgan fingerprint density at radius 3 is 2.02 bits per heavy atom. The molecule has 0 saturated heterocycles. The predicted molar refractivity (Wildman–Crippen MR) is 179 cm³/mol. The molecule has 20 nitrogen and oxygen atoms in total. The van der Waals surface area contributed by atoms with Crippen molar-refractivity contribution < 1.29 is 19.4 Å². The van der Waals surface area contributed by atoms with Crippen molar-refractivity contribution in [2.45, 2.75) is 12.3 Å². The molecular formula is C30H19ClN14O6. The number of fused-ring (bicyclic) bond motifs is 4. The van der Waals surface area contributed by atoms with Gasteiger partial charge in [0.05, 0.1) is 49.6 Å². The zero-order valence-corrected chi connectivity index (χ0v) is 26.9. The summed E-state index contributed by atoms with van der Waals surface area (Å²) in [5.74, 6) is -1.96. The van der Waals surface area contributed by atoms with Crippen LogP contribution in [0.1, 0.15) is 22.7 Å². The molecule has 0 saturated carbocycles. The number of aryl methyl sites for hydroxylation is 2. The number of benzene rings is 2. The van der Waals surface area contributed by atoms with Crippen molar-refractivity contribution in [3.63, 3.8) is 0 Å². The van der Waals surface area contributed by atoms with Gasteiger partial charge in [-0.15, -0.1) is 0 Å². The summed E-state index contributed by atoms with van der Waals surface area (Å²) >= 11 is 5.71. The quantitative estimate of drug-likeness (QED) is 0.111. The Hall–Kier alpha value is -7.45. The van der Waals surface area contributed by atoms with E-state index < -0.39 is 21.6 Å². The van der Waals surface area contributed by atoms with Gasteiger partial charge >= 0.3 is 11.6 Å². The van der Waals surface area contributed by atoms with Crippen molar-refractivity contribution in [1.29, 1.82) is 0 Å². The first-order valence-electron chi connectivity index (χ1n) is 14.3. The molecule has 8 rings (SSSR count). The smallest absolute Gasteiger partial charge is 0.358 e. The SMILES string of the molecule is Cn1nc([N+](=O)[O-])c2c(Cl)ncnc21.[C-]#[N+]c1ccc2c(c1)C(c1ncnc3c1c([N+](=O)[O-])nn3C)C(=O)N2.[C-]#[N+]c1ccc2c(c1)CC(=O)N2. The van der Waals surface area contributed by atoms with Crippen LogP contribution in [0.2, 0.25) is 5.15 Å². The molecular weight excluding hydrogens is 688 g/mol. The van der Waals surface area contributed by atoms with Gasteiger partial charge < -0.3 is 30.9 Å². The Balaban J connectivity index is 0.000000145. The first-order valence-corrected chi connectivity index (χ1v) is 14.7. The van der Waals surface area contributed by atoms with Gasteiger partial charge in [0.15, 0.2) is 33.2 Å². The van der Waals surface area contributed by atoms with Crippen molar-refractivity contribution >= 4 is 79.9 Å². The van der Waals surface area contributed by atoms with E-state index in [9.17, 15) is 29.8 Å². The van der Waals surface area contributed by atoms with Gasteiger partial charge in [0.1, 0.15) is 24.0 Å². The average molecular weight is 707 g/mol. The lowest BCUT2D eigenvalue weighted by atomic mass is 9.94. The lowest BCUT2D eigenvalue weighted by molar-refractivity contribution is -0.388. The van der Waals surface area contributed by atoms with Gasteiger partial charge in [-0.1, -0.05) is 35.9 Å². The molecule has 2 aromatic carbocycles. The number of hydrogen-bond donors (Lipinski definition) is 2. The van der Waals surface area contributed by atoms with E-state index in [0.717, 1.165) is 11.3 Å². The number of aromatic nitrogens is 8. The van der Waals surface area contributed by atoms with E-state index in [0.29, 0.717) is 34.7 Å². The van der Waals surface area contributed by atoms with Gasteiger partial charge in [0.25, 0.3) is 0 Å². The van der Waals surface area contributed by atoms with Gasteiger partial charge in [-0.05, 0) is 33.1 Å². The van der Waals surface area contributed by atoms with Crippen LogP contribution in [0.25, 0.3) is 31.8 Å². The van der Waals surface area contributed by atoms with Crippen LogP contribution in [0.15, 0.2) is 49.1 Å². The van der Waals surface area contributed by atoms with Crippen molar-refractivity contribution in [1.82, 2.24) is 39.5 Å². The zero-order valence-electron chi connectivity index (χ0n) is 26.1. The second-order valence-corrected chi connectivity index (χ2v) is 11.1. The largest absolute Gasteiger partial charge is 0.402 e. The molecule has 4 aromatic heterocycles. The highest BCUT2D eigenvalue weighted by atomic mass is 35.5. The highest BCUT2D eigenvalue weighted by Gasteiger charge is 2.38. The molecule has 1 atom stereocenters. The molecule has 6 aromatic rings. The second-order valence-electron chi connectivity index (χ2n) is 10.7. The van der Waals surface area contributed by atoms with E-state index in [1.165, 1.54) is 29.1 Å². The Morgan fingerprint density at radius 2 is 1.39 bits per heavy atom. The minimum atomic E-state index is -0.870. The lowest BCUT2D eigenvalue weighted by Gasteiger charge is -2.09. The van der Waals surface area contributed by atoms with Crippen LogP contribution in [0, 0.1) is 33.4 Å². The van der Waals surface area contributed by atoms with E-state index in [4.69, 9.17) is 24.7 Å². The number of hydrogen-bond acceptors (Lipinski definition) is 12. The van der Waals surface area contributed by atoms with Crippen LogP contribution >= 0.6 is 11.6 Å². The number of rotatable bonds is 3. The van der Waals surface area contributed by atoms with Gasteiger partial charge in [0.2, 0.25) is 11.8 Å². The van der Waals surface area contributed by atoms with Crippen LogP contribution in [-0.4, -0.2) is 61.2 Å². The molecule has 1 unspecified atom stereocenters. The average Bonchev–Trinajstić information content (AvgIpc) is 3.85. The molecule has 2 aliphatic heterocycles. The van der Waals surface area contributed by atoms with Crippen molar-refractivity contribution in [3.8, 4) is 0 Å². The van der Waals surface area contributed by atoms with Crippen molar-refractivity contribution in [2.75, 3.05) is 10.6 Å². The van der Waals surface area contributed by atoms with Gasteiger partial charge in [-0.3, -0.25) is 9.59 Å². The molecule has 0 radical (unpaired) electrons. The molecule has 6 heterocycles. The minimum absolute atomic E-state index is 0.00660. The van der Waals surface area contributed by atoms with Gasteiger partial charge in [-0.2, -0.15) is 9.36 Å². The molecule has 2 aliphatic rings. The van der Waals surface area contributed by atoms with Gasteiger partial charge in [0, 0.05) is 11.4 Å². The molecule has 0 spiro atoms. The highest BCUT2D eigenvalue weighted by Crippen LogP contribution is 2.42. The molecule has 252 valence electrons. The summed E-state index contributed by atoms with van der Waals surface area (Å²) in [6.45, 7) is 13.9. The van der Waals surface area contributed by atoms with E-state index >= 15 is 0 Å². The molecule has 2 amide bonds. The Kier molecular flexibility index (Phi) is 8.67. The third-order valence-corrected chi connectivity index (χ3v) is 7.93. The topological polar surface area (TPSA) is 240 Å². The number of carbonyl (C=O) groups is 2. The van der Waals surface area contributed by atoms with Crippen molar-refractivity contribution in [2.24, 2.45) is 14.1 Å². The molecule has 0 aliphatic carbocycles. The summed E-state index contributed by atoms with van der Waals surface area (Å²) in [6, 6.07) is 10.0. The van der Waals surface area contributed by atoms with Crippen LogP contribution in [0.3, 0.4) is 0 Å². The third kappa shape index (κ3) is 6.16. The Morgan fingerprint density at radius 1 is 0.824 bits per heavy atom. The number of carbonyl (C=O) groups excluding carboxylic acids is 2. The molecule has 21 heteroatoms. The van der Waals surface area contributed by atoms with E-state index in [1.807, 2.05) is 0 Å². The first kappa shape index (κ1) is 33.5. The standard InChI is InChI=1S/C15H9N7O3.C9H6N2O.C6H4ClN5O2/c1-16-7-3-4-9-8(5-7)10(15(23)19-9)12-11-13(18-6-17-12)21(2)20-14(11)22(24)25;1-10-7-2-3-8-6(4-7)5-9(12)11-8;1-11-5-3(4(7)8-2-9-5)6(10-11)12(13)14/h3-6,10H,2H3,(H,19,23);2-4H,5H2,(H,11,12);2H,1H3. The number of nitrogens with zero attached hydrogens (tertiary/aromatic N) is 12. The summed E-state index contributed by atoms with van der Waals surface area (Å²) in [6.07, 6.45) is 2.88. The lowest BCUT2D eigenvalue weighted by Crippen LogP contribution is -2.15. The normalized spacial score (nSPS) is 13.8. The first-order chi connectivity index (χ1) is 24.4. The number of amides is 2. The maximum atomic E-state index is 12.5. The second kappa shape index (κ2) is 13.2. The summed E-state index contributed by atoms with van der Waals surface area (Å²) < 4.78 is 2.57.